The van der Waals surface area contributed by atoms with E-state index in [1.807, 2.05) is 42.5 Å². The zero-order valence-electron chi connectivity index (χ0n) is 18.5. The van der Waals surface area contributed by atoms with Gasteiger partial charge in [0.15, 0.2) is 0 Å². The highest BCUT2D eigenvalue weighted by molar-refractivity contribution is 14.1. The Balaban J connectivity index is 1.48. The molecule has 2 heterocycles. The van der Waals surface area contributed by atoms with E-state index in [9.17, 15) is 14.4 Å². The fourth-order valence-electron chi connectivity index (χ4n) is 3.84. The van der Waals surface area contributed by atoms with E-state index in [4.69, 9.17) is 4.74 Å². The number of nitrogens with zero attached hydrogens (tertiary/aromatic N) is 2. The first-order chi connectivity index (χ1) is 16.4. The normalized spacial score (nSPS) is 17.9. The van der Waals surface area contributed by atoms with Gasteiger partial charge in [-0.15, -0.1) is 0 Å². The van der Waals surface area contributed by atoms with E-state index in [2.05, 4.69) is 38.5 Å². The Labute approximate surface area is 225 Å². The molecule has 0 bridgehead atoms. The summed E-state index contributed by atoms with van der Waals surface area (Å²) in [6.45, 7) is 1.54. The molecule has 0 aromatic heterocycles. The number of hydrogen-bond donors (Lipinski definition) is 0. The Hall–Kier alpha value is -1.85. The summed E-state index contributed by atoms with van der Waals surface area (Å²) in [5.41, 5.74) is 1.71. The minimum absolute atomic E-state index is 0.172. The van der Waals surface area contributed by atoms with Crippen LogP contribution < -0.4 is 4.74 Å². The van der Waals surface area contributed by atoms with Crippen molar-refractivity contribution in [3.05, 3.63) is 66.5 Å². The Morgan fingerprint density at radius 2 is 1.76 bits per heavy atom. The maximum atomic E-state index is 13.0. The molecule has 0 radical (unpaired) electrons. The number of carbonyl (C=O) groups excluding carboxylic acids is 3. The molecule has 2 saturated heterocycles. The highest BCUT2D eigenvalue weighted by Crippen LogP contribution is 2.35. The second-order valence-electron chi connectivity index (χ2n) is 8.16. The SMILES string of the molecule is O=C(CN1C(=O)SC(=Cc2cc(Br)ccc2OCc2ccc(I)cc2)C1=O)N1CCCCCC1. The number of imide groups is 1. The molecule has 2 aliphatic heterocycles. The van der Waals surface area contributed by atoms with Gasteiger partial charge < -0.3 is 9.64 Å². The molecule has 2 aliphatic rings. The molecule has 34 heavy (non-hydrogen) atoms. The van der Waals surface area contributed by atoms with Gasteiger partial charge in [0.05, 0.1) is 4.91 Å². The van der Waals surface area contributed by atoms with Gasteiger partial charge in [-0.3, -0.25) is 19.3 Å². The van der Waals surface area contributed by atoms with Gasteiger partial charge in [0.25, 0.3) is 11.1 Å². The quantitative estimate of drug-likeness (QED) is 0.279. The minimum Gasteiger partial charge on any atom is -0.488 e. The fraction of sp³-hybridized carbons (Fsp3) is 0.320. The van der Waals surface area contributed by atoms with Crippen LogP contribution in [0.4, 0.5) is 4.79 Å². The topological polar surface area (TPSA) is 66.9 Å². The first-order valence-electron chi connectivity index (χ1n) is 11.1. The number of amides is 3. The predicted octanol–water partition coefficient (Wildman–Crippen LogP) is 6.07. The lowest BCUT2D eigenvalue weighted by atomic mass is 10.1. The Bertz CT molecular complexity index is 1110. The number of benzene rings is 2. The largest absolute Gasteiger partial charge is 0.488 e. The molecule has 0 unspecified atom stereocenters. The van der Waals surface area contributed by atoms with E-state index in [-0.39, 0.29) is 17.4 Å². The van der Waals surface area contributed by atoms with Gasteiger partial charge in [0.1, 0.15) is 18.9 Å². The molecular weight excluding hydrogens is 631 g/mol. The van der Waals surface area contributed by atoms with E-state index in [0.29, 0.717) is 31.0 Å². The van der Waals surface area contributed by atoms with Crippen LogP contribution in [0.2, 0.25) is 0 Å². The van der Waals surface area contributed by atoms with Gasteiger partial charge in [-0.2, -0.15) is 0 Å². The lowest BCUT2D eigenvalue weighted by Gasteiger charge is -2.22. The van der Waals surface area contributed by atoms with Crippen LogP contribution in [0.5, 0.6) is 5.75 Å². The average molecular weight is 655 g/mol. The van der Waals surface area contributed by atoms with Crippen LogP contribution in [0.15, 0.2) is 51.8 Å². The third-order valence-electron chi connectivity index (χ3n) is 5.69. The number of thioether (sulfide) groups is 1. The number of likely N-dealkylation sites (tertiary alicyclic amines) is 1. The summed E-state index contributed by atoms with van der Waals surface area (Å²) in [7, 11) is 0. The van der Waals surface area contributed by atoms with E-state index in [0.717, 1.165) is 56.0 Å². The summed E-state index contributed by atoms with van der Waals surface area (Å²) in [5.74, 6) is -0.00891. The van der Waals surface area contributed by atoms with Crippen LogP contribution >= 0.6 is 50.3 Å². The predicted molar refractivity (Wildman–Crippen MR) is 145 cm³/mol. The zero-order valence-corrected chi connectivity index (χ0v) is 23.0. The molecule has 0 spiro atoms. The number of ether oxygens (including phenoxy) is 1. The Morgan fingerprint density at radius 1 is 1.06 bits per heavy atom. The maximum absolute atomic E-state index is 13.0. The van der Waals surface area contributed by atoms with Crippen molar-refractivity contribution >= 4 is 73.4 Å². The van der Waals surface area contributed by atoms with E-state index >= 15 is 0 Å². The van der Waals surface area contributed by atoms with Gasteiger partial charge in [-0.05, 0) is 89.2 Å². The summed E-state index contributed by atoms with van der Waals surface area (Å²) < 4.78 is 8.00. The standard InChI is InChI=1S/C25H24BrIN2O4S/c26-19-7-10-21(33-16-17-5-8-20(27)9-6-17)18(13-19)14-22-24(31)29(25(32)34-22)15-23(30)28-11-3-1-2-4-12-28/h5-10,13-14H,1-4,11-12,15-16H2. The van der Waals surface area contributed by atoms with E-state index < -0.39 is 11.1 Å². The Kier molecular flexibility index (Phi) is 8.70. The number of hydrogen-bond acceptors (Lipinski definition) is 5. The molecule has 4 rings (SSSR count). The van der Waals surface area contributed by atoms with Crippen LogP contribution in [0.3, 0.4) is 0 Å². The first kappa shape index (κ1) is 25.2. The number of halogens is 2. The van der Waals surface area contributed by atoms with Crippen molar-refractivity contribution in [3.63, 3.8) is 0 Å². The van der Waals surface area contributed by atoms with E-state index in [1.54, 1.807) is 11.0 Å². The second kappa shape index (κ2) is 11.7. The van der Waals surface area contributed by atoms with Crippen LogP contribution in [0, 0.1) is 3.57 Å². The average Bonchev–Trinajstić information content (AvgIpc) is 3.01. The summed E-state index contributed by atoms with van der Waals surface area (Å²) in [5, 5.41) is -0.421. The van der Waals surface area contributed by atoms with Crippen molar-refractivity contribution < 1.29 is 19.1 Å². The second-order valence-corrected chi connectivity index (χ2v) is 11.3. The summed E-state index contributed by atoms with van der Waals surface area (Å²) >= 11 is 6.58. The van der Waals surface area contributed by atoms with E-state index in [1.165, 1.54) is 0 Å². The van der Waals surface area contributed by atoms with Crippen molar-refractivity contribution in [2.75, 3.05) is 19.6 Å². The molecule has 0 N–H and O–H groups in total. The highest BCUT2D eigenvalue weighted by atomic mass is 127. The maximum Gasteiger partial charge on any atom is 0.294 e. The highest BCUT2D eigenvalue weighted by Gasteiger charge is 2.37. The molecule has 3 amide bonds. The van der Waals surface area contributed by atoms with Gasteiger partial charge in [0, 0.05) is 26.7 Å². The van der Waals surface area contributed by atoms with Gasteiger partial charge in [-0.25, -0.2) is 0 Å². The molecule has 6 nitrogen and oxygen atoms in total. The monoisotopic (exact) mass is 654 g/mol. The molecule has 2 fully saturated rings. The van der Waals surface area contributed by atoms with Crippen LogP contribution in [0.25, 0.3) is 6.08 Å². The van der Waals surface area contributed by atoms with Crippen molar-refractivity contribution in [3.8, 4) is 5.75 Å². The van der Waals surface area contributed by atoms with Gasteiger partial charge in [-0.1, -0.05) is 40.9 Å². The molecular formula is C25H24BrIN2O4S. The van der Waals surface area contributed by atoms with Crippen LogP contribution in [-0.2, 0) is 16.2 Å². The number of carbonyl (C=O) groups is 3. The summed E-state index contributed by atoms with van der Waals surface area (Å²) in [6.07, 6.45) is 5.79. The molecule has 2 aromatic carbocycles. The van der Waals surface area contributed by atoms with Crippen molar-refractivity contribution in [2.45, 2.75) is 32.3 Å². The number of rotatable bonds is 6. The van der Waals surface area contributed by atoms with Crippen LogP contribution in [0.1, 0.15) is 36.8 Å². The lowest BCUT2D eigenvalue weighted by Crippen LogP contribution is -2.42. The third kappa shape index (κ3) is 6.42. The summed E-state index contributed by atoms with van der Waals surface area (Å²) in [4.78, 5) is 41.4. The van der Waals surface area contributed by atoms with Crippen molar-refractivity contribution in [1.82, 2.24) is 9.80 Å². The molecule has 2 aromatic rings. The van der Waals surface area contributed by atoms with Gasteiger partial charge >= 0.3 is 0 Å². The Morgan fingerprint density at radius 3 is 2.47 bits per heavy atom. The third-order valence-corrected chi connectivity index (χ3v) is 7.81. The molecule has 9 heteroatoms. The first-order valence-corrected chi connectivity index (χ1v) is 13.8. The van der Waals surface area contributed by atoms with Crippen LogP contribution in [-0.4, -0.2) is 46.5 Å². The molecule has 178 valence electrons. The smallest absolute Gasteiger partial charge is 0.294 e. The fourth-order valence-corrected chi connectivity index (χ4v) is 5.41. The van der Waals surface area contributed by atoms with Crippen molar-refractivity contribution in [1.29, 1.82) is 0 Å². The lowest BCUT2D eigenvalue weighted by molar-refractivity contribution is -0.135. The van der Waals surface area contributed by atoms with Gasteiger partial charge in [0.2, 0.25) is 5.91 Å². The molecule has 0 saturated carbocycles. The minimum atomic E-state index is -0.443. The molecule has 0 aliphatic carbocycles. The molecule has 0 atom stereocenters. The zero-order chi connectivity index (χ0) is 24.1. The summed E-state index contributed by atoms with van der Waals surface area (Å²) in [6, 6.07) is 13.6. The van der Waals surface area contributed by atoms with Crippen molar-refractivity contribution in [2.24, 2.45) is 0 Å².